The molecule has 3 rings (SSSR count). The van der Waals surface area contributed by atoms with Crippen LogP contribution in [0.2, 0.25) is 0 Å². The molecule has 2 heterocycles. The number of hydrogen-bond acceptors (Lipinski definition) is 3. The Morgan fingerprint density at radius 1 is 1.38 bits per heavy atom. The second-order valence-corrected chi connectivity index (χ2v) is 6.21. The van der Waals surface area contributed by atoms with Gasteiger partial charge in [0.1, 0.15) is 5.82 Å². The van der Waals surface area contributed by atoms with Crippen molar-refractivity contribution in [2.75, 3.05) is 19.7 Å². The van der Waals surface area contributed by atoms with Crippen LogP contribution >= 0.6 is 0 Å². The lowest BCUT2D eigenvalue weighted by Gasteiger charge is -2.35. The molecule has 0 saturated carbocycles. The van der Waals surface area contributed by atoms with Gasteiger partial charge >= 0.3 is 0 Å². The second kappa shape index (κ2) is 7.62. The van der Waals surface area contributed by atoms with Gasteiger partial charge in [-0.05, 0) is 32.3 Å². The lowest BCUT2D eigenvalue weighted by atomic mass is 10.0. The fraction of sp³-hybridized carbons (Fsp3) is 0.474. The number of aryl methyl sites for hydroxylation is 1. The maximum atomic E-state index is 13.1. The summed E-state index contributed by atoms with van der Waals surface area (Å²) in [6, 6.07) is 10.1. The number of carbonyl (C=O) groups excluding carboxylic acids is 1. The summed E-state index contributed by atoms with van der Waals surface area (Å²) in [5, 5.41) is 0. The summed E-state index contributed by atoms with van der Waals surface area (Å²) in [5.41, 5.74) is 0.922. The number of carbonyl (C=O) groups is 1. The summed E-state index contributed by atoms with van der Waals surface area (Å²) in [6.45, 7) is 5.96. The fourth-order valence-electron chi connectivity index (χ4n) is 3.43. The molecule has 1 aliphatic heterocycles. The molecule has 1 aliphatic rings. The van der Waals surface area contributed by atoms with Crippen molar-refractivity contribution < 1.29 is 9.53 Å². The van der Waals surface area contributed by atoms with Crippen molar-refractivity contribution in [2.24, 2.45) is 0 Å². The molecule has 5 heteroatoms. The van der Waals surface area contributed by atoms with Gasteiger partial charge in [-0.2, -0.15) is 0 Å². The first-order valence-corrected chi connectivity index (χ1v) is 8.65. The molecule has 1 aromatic heterocycles. The zero-order valence-corrected chi connectivity index (χ0v) is 14.4. The Kier molecular flexibility index (Phi) is 5.30. The summed E-state index contributed by atoms with van der Waals surface area (Å²) in [5.74, 6) is 1.06. The highest BCUT2D eigenvalue weighted by atomic mass is 16.5. The van der Waals surface area contributed by atoms with Crippen LogP contribution in [-0.2, 0) is 9.53 Å². The van der Waals surface area contributed by atoms with Gasteiger partial charge in [-0.25, -0.2) is 4.98 Å². The van der Waals surface area contributed by atoms with E-state index in [9.17, 15) is 4.79 Å². The highest BCUT2D eigenvalue weighted by Gasteiger charge is 2.31. The van der Waals surface area contributed by atoms with Gasteiger partial charge in [0, 0.05) is 32.1 Å². The van der Waals surface area contributed by atoms with Gasteiger partial charge in [-0.1, -0.05) is 30.3 Å². The van der Waals surface area contributed by atoms with Crippen molar-refractivity contribution in [1.29, 1.82) is 0 Å². The molecule has 128 valence electrons. The molecule has 0 spiro atoms. The number of hydrogen-bond donors (Lipinski definition) is 0. The molecular formula is C19H25N3O2. The van der Waals surface area contributed by atoms with Crippen molar-refractivity contribution in [3.63, 3.8) is 0 Å². The molecule has 0 unspecified atom stereocenters. The quantitative estimate of drug-likeness (QED) is 0.847. The average Bonchev–Trinajstić information content (AvgIpc) is 3.06. The minimum Gasteiger partial charge on any atom is -0.364 e. The molecule has 5 nitrogen and oxygen atoms in total. The van der Waals surface area contributed by atoms with Crippen molar-refractivity contribution in [3.05, 3.63) is 54.1 Å². The molecule has 0 aliphatic carbocycles. The summed E-state index contributed by atoms with van der Waals surface area (Å²) in [4.78, 5) is 19.3. The van der Waals surface area contributed by atoms with Crippen LogP contribution in [0.5, 0.6) is 0 Å². The van der Waals surface area contributed by atoms with Gasteiger partial charge < -0.3 is 14.2 Å². The Bertz CT molecular complexity index is 668. The number of amides is 1. The number of aromatic nitrogens is 2. The third-order valence-corrected chi connectivity index (χ3v) is 4.62. The van der Waals surface area contributed by atoms with Crippen LogP contribution in [0, 0.1) is 6.92 Å². The standard InChI is InChI=1S/C19H25N3O2/c1-3-24-18(16-8-5-4-6-9-16)19(23)21-12-7-10-17(14-21)22-13-11-20-15(22)2/h4-6,8-9,11,13,17-18H,3,7,10,12,14H2,1-2H3/t17-,18-/m0/s1. The summed E-state index contributed by atoms with van der Waals surface area (Å²) in [7, 11) is 0. The van der Waals surface area contributed by atoms with Crippen LogP contribution < -0.4 is 0 Å². The molecule has 1 fully saturated rings. The molecule has 24 heavy (non-hydrogen) atoms. The van der Waals surface area contributed by atoms with E-state index < -0.39 is 6.10 Å². The van der Waals surface area contributed by atoms with E-state index in [0.717, 1.165) is 30.8 Å². The molecule has 1 amide bonds. The van der Waals surface area contributed by atoms with Crippen molar-refractivity contribution in [1.82, 2.24) is 14.5 Å². The first kappa shape index (κ1) is 16.7. The highest BCUT2D eigenvalue weighted by molar-refractivity contribution is 5.82. The third kappa shape index (κ3) is 3.51. The maximum Gasteiger partial charge on any atom is 0.256 e. The summed E-state index contributed by atoms with van der Waals surface area (Å²) in [6.07, 6.45) is 5.39. The van der Waals surface area contributed by atoms with E-state index >= 15 is 0 Å². The van der Waals surface area contributed by atoms with Crippen molar-refractivity contribution >= 4 is 5.91 Å². The fourth-order valence-corrected chi connectivity index (χ4v) is 3.43. The third-order valence-electron chi connectivity index (χ3n) is 4.62. The maximum absolute atomic E-state index is 13.1. The number of imidazole rings is 1. The Morgan fingerprint density at radius 3 is 2.83 bits per heavy atom. The summed E-state index contributed by atoms with van der Waals surface area (Å²) >= 11 is 0. The topological polar surface area (TPSA) is 47.4 Å². The SMILES string of the molecule is CCO[C@H](C(=O)N1CCC[C@H](n2ccnc2C)C1)c1ccccc1. The largest absolute Gasteiger partial charge is 0.364 e. The number of likely N-dealkylation sites (tertiary alicyclic amines) is 1. The predicted molar refractivity (Wildman–Crippen MR) is 92.6 cm³/mol. The smallest absolute Gasteiger partial charge is 0.256 e. The lowest BCUT2D eigenvalue weighted by molar-refractivity contribution is -0.145. The Balaban J connectivity index is 1.76. The number of rotatable bonds is 5. The normalized spacial score (nSPS) is 19.2. The number of piperidine rings is 1. The van der Waals surface area contributed by atoms with Crippen LogP contribution in [0.25, 0.3) is 0 Å². The average molecular weight is 327 g/mol. The van der Waals surface area contributed by atoms with Crippen LogP contribution in [0.15, 0.2) is 42.7 Å². The molecule has 2 aromatic rings. The number of benzene rings is 1. The minimum absolute atomic E-state index is 0.0607. The first-order valence-electron chi connectivity index (χ1n) is 8.65. The molecule has 0 bridgehead atoms. The lowest BCUT2D eigenvalue weighted by Crippen LogP contribution is -2.43. The first-order chi connectivity index (χ1) is 11.7. The predicted octanol–water partition coefficient (Wildman–Crippen LogP) is 3.13. The van der Waals surface area contributed by atoms with E-state index in [1.54, 1.807) is 0 Å². The van der Waals surface area contributed by atoms with Gasteiger partial charge in [0.25, 0.3) is 5.91 Å². The van der Waals surface area contributed by atoms with Crippen molar-refractivity contribution in [2.45, 2.75) is 38.8 Å². The Morgan fingerprint density at radius 2 is 2.17 bits per heavy atom. The summed E-state index contributed by atoms with van der Waals surface area (Å²) < 4.78 is 7.96. The zero-order valence-electron chi connectivity index (χ0n) is 14.4. The van der Waals surface area contributed by atoms with E-state index in [1.165, 1.54) is 0 Å². The van der Waals surface area contributed by atoms with Crippen LogP contribution in [0.4, 0.5) is 0 Å². The van der Waals surface area contributed by atoms with Gasteiger partial charge in [0.15, 0.2) is 6.10 Å². The van der Waals surface area contributed by atoms with Crippen LogP contribution in [0.1, 0.15) is 43.3 Å². The van der Waals surface area contributed by atoms with Gasteiger partial charge in [-0.15, -0.1) is 0 Å². The van der Waals surface area contributed by atoms with E-state index in [0.29, 0.717) is 19.2 Å². The monoisotopic (exact) mass is 327 g/mol. The van der Waals surface area contributed by atoms with E-state index in [2.05, 4.69) is 9.55 Å². The number of nitrogens with zero attached hydrogens (tertiary/aromatic N) is 3. The zero-order chi connectivity index (χ0) is 16.9. The van der Waals surface area contributed by atoms with E-state index in [1.807, 2.05) is 61.5 Å². The highest BCUT2D eigenvalue weighted by Crippen LogP contribution is 2.27. The van der Waals surface area contributed by atoms with E-state index in [-0.39, 0.29) is 5.91 Å². The second-order valence-electron chi connectivity index (χ2n) is 6.21. The Labute approximate surface area is 143 Å². The van der Waals surface area contributed by atoms with Crippen molar-refractivity contribution in [3.8, 4) is 0 Å². The number of ether oxygens (including phenoxy) is 1. The van der Waals surface area contributed by atoms with E-state index in [4.69, 9.17) is 4.74 Å². The van der Waals surface area contributed by atoms with Gasteiger partial charge in [0.05, 0.1) is 6.04 Å². The molecule has 1 aromatic carbocycles. The minimum atomic E-state index is -0.515. The van der Waals surface area contributed by atoms with Gasteiger partial charge in [-0.3, -0.25) is 4.79 Å². The Hall–Kier alpha value is -2.14. The molecular weight excluding hydrogens is 302 g/mol. The molecule has 2 atom stereocenters. The molecule has 1 saturated heterocycles. The van der Waals surface area contributed by atoms with Gasteiger partial charge in [0.2, 0.25) is 0 Å². The van der Waals surface area contributed by atoms with Crippen LogP contribution in [-0.4, -0.2) is 40.1 Å². The van der Waals surface area contributed by atoms with Crippen LogP contribution in [0.3, 0.4) is 0 Å². The molecule has 0 N–H and O–H groups in total. The molecule has 0 radical (unpaired) electrons.